The van der Waals surface area contributed by atoms with Gasteiger partial charge in [0.15, 0.2) is 0 Å². The fraction of sp³-hybridized carbons (Fsp3) is 0.500. The van der Waals surface area contributed by atoms with Crippen molar-refractivity contribution in [1.29, 1.82) is 0 Å². The molecule has 35 heavy (non-hydrogen) atoms. The summed E-state index contributed by atoms with van der Waals surface area (Å²) in [6, 6.07) is 8.11. The molecule has 0 spiro atoms. The van der Waals surface area contributed by atoms with Crippen LogP contribution in [0.3, 0.4) is 0 Å². The molecule has 9 nitrogen and oxygen atoms in total. The molecule has 0 saturated carbocycles. The van der Waals surface area contributed by atoms with Gasteiger partial charge in [0.25, 0.3) is 5.91 Å². The number of nitrogens with zero attached hydrogens (tertiary/aromatic N) is 2. The fourth-order valence-corrected chi connectivity index (χ4v) is 4.07. The molecule has 3 atom stereocenters. The van der Waals surface area contributed by atoms with Crippen LogP contribution in [-0.4, -0.2) is 62.4 Å². The Bertz CT molecular complexity index is 979. The predicted octanol–water partition coefficient (Wildman–Crippen LogP) is 2.78. The number of pyridine rings is 1. The van der Waals surface area contributed by atoms with E-state index in [9.17, 15) is 9.59 Å². The van der Waals surface area contributed by atoms with Crippen LogP contribution in [0, 0.1) is 5.92 Å². The number of rotatable bonds is 9. The van der Waals surface area contributed by atoms with Gasteiger partial charge in [0.1, 0.15) is 23.4 Å². The highest BCUT2D eigenvalue weighted by molar-refractivity contribution is 5.98. The van der Waals surface area contributed by atoms with Crippen LogP contribution in [0.4, 0.5) is 5.82 Å². The van der Waals surface area contributed by atoms with Crippen LogP contribution >= 0.6 is 0 Å². The molecule has 2 amide bonds. The van der Waals surface area contributed by atoms with Crippen molar-refractivity contribution in [3.63, 3.8) is 0 Å². The molecule has 3 unspecified atom stereocenters. The van der Waals surface area contributed by atoms with E-state index in [0.717, 1.165) is 24.5 Å². The van der Waals surface area contributed by atoms with Crippen LogP contribution in [0.5, 0.6) is 11.5 Å². The summed E-state index contributed by atoms with van der Waals surface area (Å²) in [7, 11) is 3.04. The average Bonchev–Trinajstić information content (AvgIpc) is 2.84. The van der Waals surface area contributed by atoms with Crippen molar-refractivity contribution in [1.82, 2.24) is 15.6 Å². The Morgan fingerprint density at radius 2 is 1.71 bits per heavy atom. The highest BCUT2D eigenvalue weighted by Gasteiger charge is 2.26. The molecule has 1 aliphatic rings. The molecule has 9 heteroatoms. The molecule has 0 bridgehead atoms. The van der Waals surface area contributed by atoms with Crippen molar-refractivity contribution >= 4 is 17.6 Å². The smallest absolute Gasteiger partial charge is 0.252 e. The van der Waals surface area contributed by atoms with E-state index in [1.54, 1.807) is 24.4 Å². The van der Waals surface area contributed by atoms with Gasteiger partial charge in [-0.25, -0.2) is 4.98 Å². The van der Waals surface area contributed by atoms with Crippen LogP contribution in [0.1, 0.15) is 43.6 Å². The first-order chi connectivity index (χ1) is 16.7. The van der Waals surface area contributed by atoms with Gasteiger partial charge >= 0.3 is 0 Å². The Kier molecular flexibility index (Phi) is 8.92. The molecule has 1 aromatic carbocycles. The third kappa shape index (κ3) is 7.08. The number of hydrogen-bond acceptors (Lipinski definition) is 7. The number of ether oxygens (including phenoxy) is 3. The molecule has 1 aliphatic heterocycles. The van der Waals surface area contributed by atoms with Gasteiger partial charge in [-0.3, -0.25) is 9.59 Å². The number of hydrogen-bond donors (Lipinski definition) is 2. The Balaban J connectivity index is 1.60. The fourth-order valence-electron chi connectivity index (χ4n) is 4.07. The number of nitrogens with one attached hydrogen (secondary N) is 2. The van der Waals surface area contributed by atoms with Gasteiger partial charge < -0.3 is 29.7 Å². The zero-order valence-corrected chi connectivity index (χ0v) is 21.3. The molecular formula is C26H36N4O5. The van der Waals surface area contributed by atoms with Gasteiger partial charge in [0, 0.05) is 37.5 Å². The Morgan fingerprint density at radius 1 is 1.09 bits per heavy atom. The first-order valence-corrected chi connectivity index (χ1v) is 11.9. The lowest BCUT2D eigenvalue weighted by Gasteiger charge is -2.36. The summed E-state index contributed by atoms with van der Waals surface area (Å²) in [6.07, 6.45) is 2.08. The summed E-state index contributed by atoms with van der Waals surface area (Å²) in [6.45, 7) is 9.79. The van der Waals surface area contributed by atoms with E-state index in [1.807, 2.05) is 26.0 Å². The maximum Gasteiger partial charge on any atom is 0.252 e. The third-order valence-corrected chi connectivity index (χ3v) is 5.87. The number of methoxy groups -OCH3 is 2. The minimum absolute atomic E-state index is 0.114. The summed E-state index contributed by atoms with van der Waals surface area (Å²) in [5.74, 6) is 1.13. The van der Waals surface area contributed by atoms with E-state index in [1.165, 1.54) is 14.2 Å². The number of morpholine rings is 1. The van der Waals surface area contributed by atoms with Gasteiger partial charge in [-0.1, -0.05) is 19.9 Å². The highest BCUT2D eigenvalue weighted by Crippen LogP contribution is 2.23. The van der Waals surface area contributed by atoms with Gasteiger partial charge in [-0.15, -0.1) is 0 Å². The van der Waals surface area contributed by atoms with Crippen molar-refractivity contribution in [2.45, 2.75) is 52.5 Å². The number of amides is 2. The maximum atomic E-state index is 12.9. The second-order valence-electron chi connectivity index (χ2n) is 9.20. The molecule has 3 rings (SSSR count). The Hall–Kier alpha value is -3.33. The standard InChI is InChI=1S/C26H36N4O5/c1-16(2)24(29-25(31)20-9-21(33-5)11-22(10-20)34-6)26(32)28-13-19-7-8-23(27-12-19)30-14-17(3)35-18(4)15-30/h7-12,16-18,24H,13-15H2,1-6H3,(H,28,32)(H,29,31). The predicted molar refractivity (Wildman–Crippen MR) is 134 cm³/mol. The topological polar surface area (TPSA) is 102 Å². The van der Waals surface area contributed by atoms with Crippen molar-refractivity contribution in [2.75, 3.05) is 32.2 Å². The van der Waals surface area contributed by atoms with E-state index >= 15 is 0 Å². The van der Waals surface area contributed by atoms with Gasteiger partial charge in [-0.05, 0) is 43.5 Å². The lowest BCUT2D eigenvalue weighted by atomic mass is 10.0. The largest absolute Gasteiger partial charge is 0.497 e. The van der Waals surface area contributed by atoms with Gasteiger partial charge in [-0.2, -0.15) is 0 Å². The quantitative estimate of drug-likeness (QED) is 0.564. The Labute approximate surface area is 207 Å². The molecule has 2 N–H and O–H groups in total. The number of benzene rings is 1. The molecule has 0 aliphatic carbocycles. The number of carbonyl (C=O) groups is 2. The first-order valence-electron chi connectivity index (χ1n) is 11.9. The normalized spacial score (nSPS) is 18.7. The first kappa shape index (κ1) is 26.3. The second kappa shape index (κ2) is 11.9. The van der Waals surface area contributed by atoms with Crippen LogP contribution in [-0.2, 0) is 16.1 Å². The SMILES string of the molecule is COc1cc(OC)cc(C(=O)NC(C(=O)NCc2ccc(N3CC(C)OC(C)C3)nc2)C(C)C)c1. The summed E-state index contributed by atoms with van der Waals surface area (Å²) < 4.78 is 16.3. The van der Waals surface area contributed by atoms with Crippen LogP contribution < -0.4 is 25.0 Å². The lowest BCUT2D eigenvalue weighted by Crippen LogP contribution is -2.49. The molecule has 190 valence electrons. The van der Waals surface area contributed by atoms with Crippen molar-refractivity contribution in [3.8, 4) is 11.5 Å². The van der Waals surface area contributed by atoms with Crippen molar-refractivity contribution in [3.05, 3.63) is 47.7 Å². The zero-order chi connectivity index (χ0) is 25.5. The number of aromatic nitrogens is 1. The molecule has 1 fully saturated rings. The minimum atomic E-state index is -0.705. The second-order valence-corrected chi connectivity index (χ2v) is 9.20. The van der Waals surface area contributed by atoms with E-state index in [2.05, 4.69) is 34.4 Å². The molecule has 0 radical (unpaired) electrons. The van der Waals surface area contributed by atoms with E-state index in [-0.39, 0.29) is 29.9 Å². The zero-order valence-electron chi connectivity index (χ0n) is 21.3. The van der Waals surface area contributed by atoms with Crippen molar-refractivity contribution in [2.24, 2.45) is 5.92 Å². The lowest BCUT2D eigenvalue weighted by molar-refractivity contribution is -0.124. The molecule has 2 aromatic rings. The van der Waals surface area contributed by atoms with E-state index in [0.29, 0.717) is 23.6 Å². The van der Waals surface area contributed by atoms with E-state index < -0.39 is 6.04 Å². The summed E-state index contributed by atoms with van der Waals surface area (Å²) >= 11 is 0. The van der Waals surface area contributed by atoms with Gasteiger partial charge in [0.2, 0.25) is 5.91 Å². The van der Waals surface area contributed by atoms with E-state index in [4.69, 9.17) is 14.2 Å². The van der Waals surface area contributed by atoms with Crippen molar-refractivity contribution < 1.29 is 23.8 Å². The van der Waals surface area contributed by atoms with Crippen LogP contribution in [0.15, 0.2) is 36.5 Å². The summed E-state index contributed by atoms with van der Waals surface area (Å²) in [4.78, 5) is 32.6. The Morgan fingerprint density at radius 3 is 2.23 bits per heavy atom. The molecular weight excluding hydrogens is 448 g/mol. The molecule has 1 saturated heterocycles. The maximum absolute atomic E-state index is 12.9. The summed E-state index contributed by atoms with van der Waals surface area (Å²) in [5.41, 5.74) is 1.23. The highest BCUT2D eigenvalue weighted by atomic mass is 16.5. The summed E-state index contributed by atoms with van der Waals surface area (Å²) in [5, 5.41) is 5.75. The number of anilines is 1. The molecule has 2 heterocycles. The monoisotopic (exact) mass is 484 g/mol. The van der Waals surface area contributed by atoms with Crippen LogP contribution in [0.25, 0.3) is 0 Å². The molecule has 1 aromatic heterocycles. The van der Waals surface area contributed by atoms with Gasteiger partial charge in [0.05, 0.1) is 26.4 Å². The minimum Gasteiger partial charge on any atom is -0.497 e. The van der Waals surface area contributed by atoms with Crippen LogP contribution in [0.2, 0.25) is 0 Å². The number of carbonyl (C=O) groups excluding carboxylic acids is 2. The average molecular weight is 485 g/mol. The third-order valence-electron chi connectivity index (χ3n) is 5.87.